The molecule has 1 aromatic carbocycles. The third-order valence-corrected chi connectivity index (χ3v) is 2.33. The number of carbonyl (C=O) groups is 2. The zero-order valence-electron chi connectivity index (χ0n) is 11.2. The second-order valence-corrected chi connectivity index (χ2v) is 3.80. The van der Waals surface area contributed by atoms with E-state index >= 15 is 0 Å². The van der Waals surface area contributed by atoms with Crippen LogP contribution in [-0.2, 0) is 16.1 Å². The molecule has 0 saturated heterocycles. The Bertz CT molecular complexity index is 435. The van der Waals surface area contributed by atoms with Crippen molar-refractivity contribution in [2.75, 3.05) is 25.5 Å². The Hall–Kier alpha value is -2.08. The molecule has 1 aromatic rings. The van der Waals surface area contributed by atoms with Crippen LogP contribution in [0.1, 0.15) is 12.5 Å². The highest BCUT2D eigenvalue weighted by atomic mass is 16.5. The minimum absolute atomic E-state index is 0.145. The summed E-state index contributed by atoms with van der Waals surface area (Å²) in [5.74, 6) is -0.457. The Morgan fingerprint density at radius 1 is 1.26 bits per heavy atom. The van der Waals surface area contributed by atoms with Gasteiger partial charge in [-0.15, -0.1) is 0 Å². The van der Waals surface area contributed by atoms with Crippen LogP contribution in [0, 0.1) is 0 Å². The van der Waals surface area contributed by atoms with Gasteiger partial charge in [-0.1, -0.05) is 18.2 Å². The topological polar surface area (TPSA) is 79.5 Å². The van der Waals surface area contributed by atoms with Crippen molar-refractivity contribution < 1.29 is 14.3 Å². The molecule has 0 aliphatic carbocycles. The summed E-state index contributed by atoms with van der Waals surface area (Å²) in [5, 5.41) is 8.15. The number of para-hydroxylation sites is 1. The highest BCUT2D eigenvalue weighted by Gasteiger charge is 2.08. The summed E-state index contributed by atoms with van der Waals surface area (Å²) in [6.45, 7) is 2.52. The molecule has 0 radical (unpaired) electrons. The monoisotopic (exact) mass is 265 g/mol. The number of carbonyl (C=O) groups excluding carboxylic acids is 2. The number of ether oxygens (including phenoxy) is 1. The van der Waals surface area contributed by atoms with Crippen LogP contribution in [0.25, 0.3) is 0 Å². The van der Waals surface area contributed by atoms with Gasteiger partial charge in [0.15, 0.2) is 0 Å². The molecule has 0 spiro atoms. The van der Waals surface area contributed by atoms with Crippen molar-refractivity contribution in [3.63, 3.8) is 0 Å². The number of hydrogen-bond donors (Lipinski definition) is 3. The van der Waals surface area contributed by atoms with Gasteiger partial charge in [0.05, 0.1) is 6.61 Å². The number of esters is 1. The standard InChI is InChI=1S/C13H19N3O3/c1-3-19-12(17)9-15-13(18)16-11-7-5-4-6-10(11)8-14-2/h4-7,14H,3,8-9H2,1-2H3,(H2,15,16,18). The molecule has 3 N–H and O–H groups in total. The Kier molecular flexibility index (Phi) is 6.38. The second-order valence-electron chi connectivity index (χ2n) is 3.80. The summed E-state index contributed by atoms with van der Waals surface area (Å²) < 4.78 is 4.71. The summed E-state index contributed by atoms with van der Waals surface area (Å²) >= 11 is 0. The third kappa shape index (κ3) is 5.39. The Morgan fingerprint density at radius 3 is 2.68 bits per heavy atom. The largest absolute Gasteiger partial charge is 0.465 e. The summed E-state index contributed by atoms with van der Waals surface area (Å²) in [6.07, 6.45) is 0. The van der Waals surface area contributed by atoms with E-state index in [0.29, 0.717) is 18.8 Å². The lowest BCUT2D eigenvalue weighted by molar-refractivity contribution is -0.141. The summed E-state index contributed by atoms with van der Waals surface area (Å²) in [7, 11) is 1.83. The molecule has 0 bridgehead atoms. The second kappa shape index (κ2) is 8.10. The normalized spacial score (nSPS) is 9.79. The minimum atomic E-state index is -0.457. The lowest BCUT2D eigenvalue weighted by Gasteiger charge is -2.11. The van der Waals surface area contributed by atoms with Crippen LogP contribution in [0.15, 0.2) is 24.3 Å². The van der Waals surface area contributed by atoms with Gasteiger partial charge < -0.3 is 20.7 Å². The molecular formula is C13H19N3O3. The molecule has 1 rings (SSSR count). The van der Waals surface area contributed by atoms with Crippen LogP contribution in [0.2, 0.25) is 0 Å². The van der Waals surface area contributed by atoms with E-state index < -0.39 is 12.0 Å². The maximum atomic E-state index is 11.6. The number of nitrogens with one attached hydrogen (secondary N) is 3. The zero-order chi connectivity index (χ0) is 14.1. The molecule has 0 atom stereocenters. The number of anilines is 1. The maximum Gasteiger partial charge on any atom is 0.325 e. The SMILES string of the molecule is CCOC(=O)CNC(=O)Nc1ccccc1CNC. The number of benzene rings is 1. The molecule has 6 heteroatoms. The van der Waals surface area contributed by atoms with Crippen molar-refractivity contribution in [3.05, 3.63) is 29.8 Å². The van der Waals surface area contributed by atoms with E-state index in [0.717, 1.165) is 5.56 Å². The van der Waals surface area contributed by atoms with E-state index in [4.69, 9.17) is 4.74 Å². The molecule has 0 heterocycles. The van der Waals surface area contributed by atoms with E-state index in [1.165, 1.54) is 0 Å². The lowest BCUT2D eigenvalue weighted by atomic mass is 10.2. The van der Waals surface area contributed by atoms with E-state index in [2.05, 4.69) is 16.0 Å². The molecule has 0 aliphatic heterocycles. The number of rotatable bonds is 6. The van der Waals surface area contributed by atoms with Gasteiger partial charge in [0.1, 0.15) is 6.54 Å². The van der Waals surface area contributed by atoms with Crippen molar-refractivity contribution >= 4 is 17.7 Å². The first-order chi connectivity index (χ1) is 9.17. The van der Waals surface area contributed by atoms with Crippen LogP contribution < -0.4 is 16.0 Å². The van der Waals surface area contributed by atoms with Crippen molar-refractivity contribution in [1.29, 1.82) is 0 Å². The fraction of sp³-hybridized carbons (Fsp3) is 0.385. The van der Waals surface area contributed by atoms with Crippen molar-refractivity contribution in [2.24, 2.45) is 0 Å². The quantitative estimate of drug-likeness (QED) is 0.673. The zero-order valence-corrected chi connectivity index (χ0v) is 11.2. The van der Waals surface area contributed by atoms with E-state index in [1.807, 2.05) is 25.2 Å². The summed E-state index contributed by atoms with van der Waals surface area (Å²) in [6, 6.07) is 7.01. The predicted molar refractivity (Wildman–Crippen MR) is 72.9 cm³/mol. The van der Waals surface area contributed by atoms with Gasteiger partial charge in [0, 0.05) is 12.2 Å². The van der Waals surface area contributed by atoms with E-state index in [9.17, 15) is 9.59 Å². The molecular weight excluding hydrogens is 246 g/mol. The van der Waals surface area contributed by atoms with Gasteiger partial charge in [0.2, 0.25) is 0 Å². The molecule has 2 amide bonds. The Labute approximate surface area is 112 Å². The number of urea groups is 1. The van der Waals surface area contributed by atoms with E-state index in [-0.39, 0.29) is 6.54 Å². The number of amides is 2. The lowest BCUT2D eigenvalue weighted by Crippen LogP contribution is -2.34. The first kappa shape index (κ1) is 15.0. The smallest absolute Gasteiger partial charge is 0.325 e. The van der Waals surface area contributed by atoms with Crippen LogP contribution in [0.5, 0.6) is 0 Å². The average molecular weight is 265 g/mol. The van der Waals surface area contributed by atoms with Crippen LogP contribution in [0.3, 0.4) is 0 Å². The molecule has 0 fully saturated rings. The molecule has 6 nitrogen and oxygen atoms in total. The predicted octanol–water partition coefficient (Wildman–Crippen LogP) is 1.09. The molecule has 0 aromatic heterocycles. The average Bonchev–Trinajstić information content (AvgIpc) is 2.39. The van der Waals surface area contributed by atoms with Crippen LogP contribution in [0.4, 0.5) is 10.5 Å². The van der Waals surface area contributed by atoms with Crippen LogP contribution >= 0.6 is 0 Å². The summed E-state index contributed by atoms with van der Waals surface area (Å²) in [5.41, 5.74) is 1.68. The van der Waals surface area contributed by atoms with Crippen LogP contribution in [-0.4, -0.2) is 32.2 Å². The maximum absolute atomic E-state index is 11.6. The van der Waals surface area contributed by atoms with Crippen molar-refractivity contribution in [3.8, 4) is 0 Å². The minimum Gasteiger partial charge on any atom is -0.465 e. The van der Waals surface area contributed by atoms with Crippen molar-refractivity contribution in [1.82, 2.24) is 10.6 Å². The highest BCUT2D eigenvalue weighted by molar-refractivity contribution is 5.92. The van der Waals surface area contributed by atoms with Gasteiger partial charge in [-0.25, -0.2) is 4.79 Å². The molecule has 0 unspecified atom stereocenters. The van der Waals surface area contributed by atoms with Gasteiger partial charge in [-0.3, -0.25) is 4.79 Å². The Morgan fingerprint density at radius 2 is 2.00 bits per heavy atom. The fourth-order valence-corrected chi connectivity index (χ4v) is 1.52. The van der Waals surface area contributed by atoms with Crippen molar-refractivity contribution in [2.45, 2.75) is 13.5 Å². The first-order valence-corrected chi connectivity index (χ1v) is 6.10. The van der Waals surface area contributed by atoms with E-state index in [1.54, 1.807) is 13.0 Å². The third-order valence-electron chi connectivity index (χ3n) is 2.33. The summed E-state index contributed by atoms with van der Waals surface area (Å²) in [4.78, 5) is 22.7. The highest BCUT2D eigenvalue weighted by Crippen LogP contribution is 2.14. The molecule has 0 saturated carbocycles. The number of hydrogen-bond acceptors (Lipinski definition) is 4. The molecule has 0 aliphatic rings. The van der Waals surface area contributed by atoms with Gasteiger partial charge >= 0.3 is 12.0 Å². The molecule has 19 heavy (non-hydrogen) atoms. The van der Waals surface area contributed by atoms with Gasteiger partial charge in [-0.05, 0) is 25.6 Å². The molecule has 104 valence electrons. The van der Waals surface area contributed by atoms with Gasteiger partial charge in [-0.2, -0.15) is 0 Å². The van der Waals surface area contributed by atoms with Gasteiger partial charge in [0.25, 0.3) is 0 Å². The Balaban J connectivity index is 2.50. The fourth-order valence-electron chi connectivity index (χ4n) is 1.52. The first-order valence-electron chi connectivity index (χ1n) is 6.10.